The zero-order chi connectivity index (χ0) is 9.68. The summed E-state index contributed by atoms with van der Waals surface area (Å²) in [6.07, 6.45) is 5.90. The Morgan fingerprint density at radius 3 is 2.38 bits per heavy atom. The van der Waals surface area contributed by atoms with Gasteiger partial charge in [0.1, 0.15) is 0 Å². The number of ether oxygens (including phenoxy) is 1. The van der Waals surface area contributed by atoms with Gasteiger partial charge in [0, 0.05) is 19.2 Å². The van der Waals surface area contributed by atoms with Gasteiger partial charge in [-0.25, -0.2) is 0 Å². The average molecular weight is 183 g/mol. The van der Waals surface area contributed by atoms with E-state index in [0.717, 1.165) is 18.9 Å². The van der Waals surface area contributed by atoms with Crippen LogP contribution in [0.1, 0.15) is 12.8 Å². The molecule has 1 aliphatic heterocycles. The zero-order valence-corrected chi connectivity index (χ0v) is 7.99. The first-order valence-electron chi connectivity index (χ1n) is 4.46. The van der Waals surface area contributed by atoms with Gasteiger partial charge in [-0.3, -0.25) is 0 Å². The lowest BCUT2D eigenvalue weighted by atomic mass is 10.4. The minimum atomic E-state index is 0.377. The molecule has 1 heterocycles. The molecule has 0 aromatic carbocycles. The molecule has 0 bridgehead atoms. The first kappa shape index (κ1) is 9.77. The molecule has 0 aromatic rings. The Bertz CT molecular complexity index is 217. The molecule has 0 aromatic heterocycles. The molecule has 0 unspecified atom stereocenters. The van der Waals surface area contributed by atoms with Gasteiger partial charge < -0.3 is 21.1 Å². The zero-order valence-electron chi connectivity index (χ0n) is 7.99. The maximum absolute atomic E-state index is 5.81. The second-order valence-electron chi connectivity index (χ2n) is 3.06. The lowest BCUT2D eigenvalue weighted by Crippen LogP contribution is -2.24. The Hall–Kier alpha value is -1.32. The highest BCUT2D eigenvalue weighted by atomic mass is 16.5. The van der Waals surface area contributed by atoms with Crippen molar-refractivity contribution in [2.75, 3.05) is 20.2 Å². The summed E-state index contributed by atoms with van der Waals surface area (Å²) in [5.74, 6) is 1.14. The van der Waals surface area contributed by atoms with E-state index in [2.05, 4.69) is 4.90 Å². The highest BCUT2D eigenvalue weighted by Gasteiger charge is 2.11. The Morgan fingerprint density at radius 1 is 1.23 bits per heavy atom. The number of likely N-dealkylation sites (tertiary alicyclic amines) is 1. The molecule has 0 aliphatic carbocycles. The minimum Gasteiger partial charge on any atom is -0.483 e. The van der Waals surface area contributed by atoms with Gasteiger partial charge in [-0.05, 0) is 18.9 Å². The molecule has 4 N–H and O–H groups in total. The van der Waals surface area contributed by atoms with E-state index in [9.17, 15) is 0 Å². The van der Waals surface area contributed by atoms with Gasteiger partial charge in [0.05, 0.1) is 12.9 Å². The van der Waals surface area contributed by atoms with Crippen molar-refractivity contribution in [3.05, 3.63) is 23.9 Å². The molecule has 1 saturated heterocycles. The second-order valence-corrected chi connectivity index (χ2v) is 3.06. The number of nitrogens with zero attached hydrogens (tertiary/aromatic N) is 1. The van der Waals surface area contributed by atoms with Gasteiger partial charge in [-0.1, -0.05) is 0 Å². The fraction of sp³-hybridized carbons (Fsp3) is 0.556. The maximum Gasteiger partial charge on any atom is 0.183 e. The van der Waals surface area contributed by atoms with Crippen molar-refractivity contribution in [2.45, 2.75) is 12.8 Å². The first-order valence-corrected chi connectivity index (χ1v) is 4.46. The lowest BCUT2D eigenvalue weighted by Gasteiger charge is -2.16. The Labute approximate surface area is 78.8 Å². The molecule has 0 radical (unpaired) electrons. The van der Waals surface area contributed by atoms with E-state index in [4.69, 9.17) is 16.2 Å². The average Bonchev–Trinajstić information content (AvgIpc) is 2.66. The van der Waals surface area contributed by atoms with Gasteiger partial charge >= 0.3 is 0 Å². The molecule has 13 heavy (non-hydrogen) atoms. The molecule has 74 valence electrons. The number of hydrogen-bond donors (Lipinski definition) is 2. The maximum atomic E-state index is 5.81. The molecular formula is C9H17N3O. The smallest absolute Gasteiger partial charge is 0.183 e. The molecule has 0 amide bonds. The summed E-state index contributed by atoms with van der Waals surface area (Å²) in [5, 5.41) is 0. The monoisotopic (exact) mass is 183 g/mol. The van der Waals surface area contributed by atoms with Crippen LogP contribution in [-0.2, 0) is 4.74 Å². The van der Waals surface area contributed by atoms with Crippen LogP contribution in [0.3, 0.4) is 0 Å². The summed E-state index contributed by atoms with van der Waals surface area (Å²) in [7, 11) is 1.53. The first-order chi connectivity index (χ1) is 6.24. The van der Waals surface area contributed by atoms with E-state index in [1.54, 1.807) is 12.2 Å². The molecule has 1 aliphatic rings. The van der Waals surface area contributed by atoms with E-state index in [0.29, 0.717) is 5.88 Å². The third-order valence-electron chi connectivity index (χ3n) is 2.13. The van der Waals surface area contributed by atoms with Crippen LogP contribution in [0.2, 0.25) is 0 Å². The SMILES string of the molecule is CO/C(N)=C/C=C(\N)N1CCCC1. The van der Waals surface area contributed by atoms with Crippen molar-refractivity contribution in [1.29, 1.82) is 0 Å². The van der Waals surface area contributed by atoms with Crippen LogP contribution < -0.4 is 11.5 Å². The number of methoxy groups -OCH3 is 1. The van der Waals surface area contributed by atoms with Crippen LogP contribution in [-0.4, -0.2) is 25.1 Å². The Kier molecular flexibility index (Phi) is 3.49. The third-order valence-corrected chi connectivity index (χ3v) is 2.13. The Balaban J connectivity index is 2.49. The molecule has 0 saturated carbocycles. The molecule has 1 fully saturated rings. The normalized spacial score (nSPS) is 19.3. The second kappa shape index (κ2) is 4.64. The number of rotatable bonds is 3. The van der Waals surface area contributed by atoms with Gasteiger partial charge in [-0.2, -0.15) is 0 Å². The predicted molar refractivity (Wildman–Crippen MR) is 52.4 cm³/mol. The largest absolute Gasteiger partial charge is 0.483 e. The van der Waals surface area contributed by atoms with Crippen LogP contribution in [0.5, 0.6) is 0 Å². The van der Waals surface area contributed by atoms with E-state index in [-0.39, 0.29) is 0 Å². The predicted octanol–water partition coefficient (Wildman–Crippen LogP) is 0.329. The number of nitrogens with two attached hydrogens (primary N) is 2. The Morgan fingerprint density at radius 2 is 1.85 bits per heavy atom. The van der Waals surface area contributed by atoms with Crippen LogP contribution in [0.25, 0.3) is 0 Å². The molecule has 4 heteroatoms. The highest BCUT2D eigenvalue weighted by Crippen LogP contribution is 2.10. The summed E-state index contributed by atoms with van der Waals surface area (Å²) in [5.41, 5.74) is 11.3. The molecule has 0 spiro atoms. The van der Waals surface area contributed by atoms with E-state index in [1.807, 2.05) is 0 Å². The minimum absolute atomic E-state index is 0.377. The van der Waals surface area contributed by atoms with E-state index >= 15 is 0 Å². The summed E-state index contributed by atoms with van der Waals surface area (Å²) in [6.45, 7) is 2.09. The topological polar surface area (TPSA) is 64.5 Å². The third kappa shape index (κ3) is 2.89. The van der Waals surface area contributed by atoms with Crippen LogP contribution >= 0.6 is 0 Å². The van der Waals surface area contributed by atoms with Crippen LogP contribution in [0.4, 0.5) is 0 Å². The van der Waals surface area contributed by atoms with Gasteiger partial charge in [0.2, 0.25) is 0 Å². The fourth-order valence-electron chi connectivity index (χ4n) is 1.32. The fourth-order valence-corrected chi connectivity index (χ4v) is 1.32. The van der Waals surface area contributed by atoms with E-state index in [1.165, 1.54) is 20.0 Å². The lowest BCUT2D eigenvalue weighted by molar-refractivity contribution is 0.287. The summed E-state index contributed by atoms with van der Waals surface area (Å²) in [6, 6.07) is 0. The van der Waals surface area contributed by atoms with Crippen molar-refractivity contribution in [1.82, 2.24) is 4.90 Å². The number of allylic oxidation sites excluding steroid dienone is 2. The quantitative estimate of drug-likeness (QED) is 0.489. The van der Waals surface area contributed by atoms with Crippen molar-refractivity contribution in [3.8, 4) is 0 Å². The van der Waals surface area contributed by atoms with Gasteiger partial charge in [-0.15, -0.1) is 0 Å². The summed E-state index contributed by atoms with van der Waals surface area (Å²) < 4.78 is 4.78. The molecule has 0 atom stereocenters. The standard InChI is InChI=1S/C9H17N3O/c1-13-9(11)5-4-8(10)12-6-2-3-7-12/h4-5H,2-3,6-7,10-11H2,1H3/b8-4+,9-5+. The number of hydrogen-bond acceptors (Lipinski definition) is 4. The van der Waals surface area contributed by atoms with E-state index < -0.39 is 0 Å². The molecule has 1 rings (SSSR count). The molecule has 4 nitrogen and oxygen atoms in total. The summed E-state index contributed by atoms with van der Waals surface area (Å²) >= 11 is 0. The van der Waals surface area contributed by atoms with Crippen molar-refractivity contribution in [3.63, 3.8) is 0 Å². The van der Waals surface area contributed by atoms with Crippen molar-refractivity contribution in [2.24, 2.45) is 11.5 Å². The summed E-state index contributed by atoms with van der Waals surface area (Å²) in [4.78, 5) is 2.14. The van der Waals surface area contributed by atoms with Crippen molar-refractivity contribution < 1.29 is 4.74 Å². The van der Waals surface area contributed by atoms with Gasteiger partial charge in [0.25, 0.3) is 0 Å². The van der Waals surface area contributed by atoms with Crippen LogP contribution in [0, 0.1) is 0 Å². The highest BCUT2D eigenvalue weighted by molar-refractivity contribution is 5.11. The van der Waals surface area contributed by atoms with Crippen LogP contribution in [0.15, 0.2) is 23.9 Å². The molecular weight excluding hydrogens is 166 g/mol. The van der Waals surface area contributed by atoms with Crippen molar-refractivity contribution >= 4 is 0 Å². The van der Waals surface area contributed by atoms with Gasteiger partial charge in [0.15, 0.2) is 5.88 Å².